The van der Waals surface area contributed by atoms with Crippen LogP contribution in [0.15, 0.2) is 78.0 Å². The van der Waals surface area contributed by atoms with Crippen molar-refractivity contribution in [2.45, 2.75) is 23.9 Å². The Hall–Kier alpha value is -3.49. The van der Waals surface area contributed by atoms with Crippen LogP contribution in [0.3, 0.4) is 0 Å². The first-order valence-corrected chi connectivity index (χ1v) is 12.2. The van der Waals surface area contributed by atoms with Gasteiger partial charge >= 0.3 is 0 Å². The van der Waals surface area contributed by atoms with Crippen LogP contribution in [0.1, 0.15) is 12.5 Å². The number of carbonyl (C=O) groups is 1. The highest BCUT2D eigenvalue weighted by Crippen LogP contribution is 2.33. The van der Waals surface area contributed by atoms with Crippen LogP contribution in [0.2, 0.25) is 5.02 Å². The number of thioether (sulfide) groups is 1. The van der Waals surface area contributed by atoms with Crippen molar-refractivity contribution in [3.8, 4) is 28.6 Å². The van der Waals surface area contributed by atoms with Crippen LogP contribution in [-0.4, -0.2) is 40.1 Å². The van der Waals surface area contributed by atoms with Gasteiger partial charge in [0.2, 0.25) is 5.91 Å². The van der Waals surface area contributed by atoms with Crippen LogP contribution in [0, 0.1) is 0 Å². The van der Waals surface area contributed by atoms with E-state index in [1.807, 2.05) is 84.3 Å². The molecule has 9 heteroatoms. The summed E-state index contributed by atoms with van der Waals surface area (Å²) in [6.07, 6.45) is 0. The lowest BCUT2D eigenvalue weighted by Gasteiger charge is -2.15. The van der Waals surface area contributed by atoms with E-state index >= 15 is 0 Å². The van der Waals surface area contributed by atoms with Crippen LogP contribution in [0.5, 0.6) is 11.5 Å². The Bertz CT molecular complexity index is 1290. The van der Waals surface area contributed by atoms with Crippen molar-refractivity contribution < 1.29 is 14.3 Å². The number of nitrogens with zero attached hydrogens (tertiary/aromatic N) is 3. The lowest BCUT2D eigenvalue weighted by atomic mass is 10.2. The molecular formula is C26H25ClN4O3S. The molecule has 35 heavy (non-hydrogen) atoms. The molecule has 1 atom stereocenters. The summed E-state index contributed by atoms with van der Waals surface area (Å²) in [5.74, 6) is 2.00. The number of carbonyl (C=O) groups excluding carboxylic acids is 1. The van der Waals surface area contributed by atoms with E-state index in [0.29, 0.717) is 22.5 Å². The topological polar surface area (TPSA) is 78.3 Å². The number of ether oxygens (including phenoxy) is 2. The SMILES string of the molecule is COc1ccc(CNC(=O)C(C)Sc2nnc(-c3ccccc3Cl)n2-c2ccc(OC)cc2)cc1. The van der Waals surface area contributed by atoms with E-state index in [0.717, 1.165) is 28.3 Å². The third-order valence-corrected chi connectivity index (χ3v) is 6.73. The molecule has 3 aromatic carbocycles. The molecule has 1 aromatic heterocycles. The van der Waals surface area contributed by atoms with Crippen LogP contribution in [-0.2, 0) is 11.3 Å². The molecule has 4 aromatic rings. The van der Waals surface area contributed by atoms with E-state index in [9.17, 15) is 4.79 Å². The van der Waals surface area contributed by atoms with Gasteiger partial charge in [0.15, 0.2) is 11.0 Å². The average Bonchev–Trinajstić information content (AvgIpc) is 3.30. The largest absolute Gasteiger partial charge is 0.497 e. The summed E-state index contributed by atoms with van der Waals surface area (Å²) in [6.45, 7) is 2.26. The van der Waals surface area contributed by atoms with Crippen molar-refractivity contribution in [3.63, 3.8) is 0 Å². The molecule has 1 N–H and O–H groups in total. The van der Waals surface area contributed by atoms with Crippen molar-refractivity contribution in [3.05, 3.63) is 83.4 Å². The van der Waals surface area contributed by atoms with Crippen molar-refractivity contribution in [1.29, 1.82) is 0 Å². The third-order valence-electron chi connectivity index (χ3n) is 5.36. The second-order valence-electron chi connectivity index (χ2n) is 7.65. The minimum atomic E-state index is -0.409. The summed E-state index contributed by atoms with van der Waals surface area (Å²) in [4.78, 5) is 12.9. The number of halogens is 1. The molecule has 0 aliphatic carbocycles. The lowest BCUT2D eigenvalue weighted by Crippen LogP contribution is -2.30. The van der Waals surface area contributed by atoms with E-state index in [1.54, 1.807) is 14.2 Å². The first kappa shape index (κ1) is 24.6. The maximum Gasteiger partial charge on any atom is 0.233 e. The maximum atomic E-state index is 12.9. The highest BCUT2D eigenvalue weighted by molar-refractivity contribution is 8.00. The number of benzene rings is 3. The van der Waals surface area contributed by atoms with Gasteiger partial charge in [-0.2, -0.15) is 0 Å². The zero-order valence-corrected chi connectivity index (χ0v) is 21.1. The fourth-order valence-corrected chi connectivity index (χ4v) is 4.53. The molecule has 180 valence electrons. The first-order chi connectivity index (χ1) is 17.0. The second kappa shape index (κ2) is 11.3. The Balaban J connectivity index is 1.57. The predicted octanol–water partition coefficient (Wildman–Crippen LogP) is 5.40. The second-order valence-corrected chi connectivity index (χ2v) is 9.36. The fourth-order valence-electron chi connectivity index (χ4n) is 3.42. The number of nitrogens with one attached hydrogen (secondary N) is 1. The molecule has 7 nitrogen and oxygen atoms in total. The number of amides is 1. The summed E-state index contributed by atoms with van der Waals surface area (Å²) in [7, 11) is 3.24. The standard InChI is InChI=1S/C26H25ClN4O3S/c1-17(25(32)28-16-18-8-12-20(33-2)13-9-18)35-26-30-29-24(22-6-4-5-7-23(22)27)31(26)19-10-14-21(34-3)15-11-19/h4-15,17H,16H2,1-3H3,(H,28,32). The molecule has 1 unspecified atom stereocenters. The summed E-state index contributed by atoms with van der Waals surface area (Å²) < 4.78 is 12.4. The number of rotatable bonds is 9. The molecule has 0 aliphatic heterocycles. The molecule has 0 spiro atoms. The number of methoxy groups -OCH3 is 2. The first-order valence-electron chi connectivity index (χ1n) is 10.9. The smallest absolute Gasteiger partial charge is 0.233 e. The molecule has 0 bridgehead atoms. The summed E-state index contributed by atoms with van der Waals surface area (Å²) in [5.41, 5.74) is 2.57. The normalized spacial score (nSPS) is 11.7. The van der Waals surface area contributed by atoms with Gasteiger partial charge in [0, 0.05) is 17.8 Å². The monoisotopic (exact) mass is 508 g/mol. The van der Waals surface area contributed by atoms with Gasteiger partial charge in [-0.1, -0.05) is 47.6 Å². The Morgan fingerprint density at radius 1 is 0.971 bits per heavy atom. The van der Waals surface area contributed by atoms with E-state index in [4.69, 9.17) is 21.1 Å². The molecule has 0 aliphatic rings. The highest BCUT2D eigenvalue weighted by Gasteiger charge is 2.22. The van der Waals surface area contributed by atoms with Crippen LogP contribution in [0.25, 0.3) is 17.1 Å². The minimum absolute atomic E-state index is 0.102. The summed E-state index contributed by atoms with van der Waals surface area (Å²) >= 11 is 7.80. The molecule has 0 saturated carbocycles. The predicted molar refractivity (Wildman–Crippen MR) is 139 cm³/mol. The number of hydrogen-bond acceptors (Lipinski definition) is 6. The van der Waals surface area contributed by atoms with Gasteiger partial charge in [0.05, 0.1) is 24.5 Å². The van der Waals surface area contributed by atoms with Gasteiger partial charge in [0.1, 0.15) is 11.5 Å². The molecule has 0 radical (unpaired) electrons. The van der Waals surface area contributed by atoms with Gasteiger partial charge in [-0.25, -0.2) is 0 Å². The molecule has 0 fully saturated rings. The van der Waals surface area contributed by atoms with E-state index < -0.39 is 5.25 Å². The lowest BCUT2D eigenvalue weighted by molar-refractivity contribution is -0.120. The Morgan fingerprint density at radius 3 is 2.23 bits per heavy atom. The minimum Gasteiger partial charge on any atom is -0.497 e. The molecule has 1 heterocycles. The summed E-state index contributed by atoms with van der Waals surface area (Å²) in [5, 5.41) is 12.5. The van der Waals surface area contributed by atoms with Crippen molar-refractivity contribution >= 4 is 29.3 Å². The molecule has 1 amide bonds. The number of hydrogen-bond donors (Lipinski definition) is 1. The Morgan fingerprint density at radius 2 is 1.60 bits per heavy atom. The number of aromatic nitrogens is 3. The molecule has 0 saturated heterocycles. The Labute approximate surface area is 213 Å². The average molecular weight is 509 g/mol. The van der Waals surface area contributed by atoms with Gasteiger partial charge in [-0.3, -0.25) is 9.36 Å². The van der Waals surface area contributed by atoms with Gasteiger partial charge in [0.25, 0.3) is 0 Å². The van der Waals surface area contributed by atoms with Crippen LogP contribution in [0.4, 0.5) is 0 Å². The maximum absolute atomic E-state index is 12.9. The van der Waals surface area contributed by atoms with Crippen molar-refractivity contribution in [2.24, 2.45) is 0 Å². The van der Waals surface area contributed by atoms with Crippen molar-refractivity contribution in [1.82, 2.24) is 20.1 Å². The van der Waals surface area contributed by atoms with Crippen LogP contribution >= 0.6 is 23.4 Å². The highest BCUT2D eigenvalue weighted by atomic mass is 35.5. The summed E-state index contributed by atoms with van der Waals surface area (Å²) in [6, 6.07) is 22.6. The Kier molecular flexibility index (Phi) is 7.94. The zero-order chi connectivity index (χ0) is 24.8. The molecule has 4 rings (SSSR count). The van der Waals surface area contributed by atoms with E-state index in [2.05, 4.69) is 15.5 Å². The third kappa shape index (κ3) is 5.78. The van der Waals surface area contributed by atoms with Crippen LogP contribution < -0.4 is 14.8 Å². The fraction of sp³-hybridized carbons (Fsp3) is 0.192. The molecular weight excluding hydrogens is 484 g/mol. The van der Waals surface area contributed by atoms with Gasteiger partial charge in [-0.05, 0) is 61.0 Å². The zero-order valence-electron chi connectivity index (χ0n) is 19.6. The quantitative estimate of drug-likeness (QED) is 0.305. The van der Waals surface area contributed by atoms with Gasteiger partial charge < -0.3 is 14.8 Å². The van der Waals surface area contributed by atoms with Gasteiger partial charge in [-0.15, -0.1) is 10.2 Å². The van der Waals surface area contributed by atoms with Crippen molar-refractivity contribution in [2.75, 3.05) is 14.2 Å². The van der Waals surface area contributed by atoms with E-state index in [-0.39, 0.29) is 5.91 Å². The van der Waals surface area contributed by atoms with E-state index in [1.165, 1.54) is 11.8 Å².